The molecule has 3 aromatic carbocycles. The summed E-state index contributed by atoms with van der Waals surface area (Å²) in [5.74, 6) is -0.799. The average molecular weight is 402 g/mol. The van der Waals surface area contributed by atoms with Crippen LogP contribution in [-0.2, 0) is 16.0 Å². The fraction of sp³-hybridized carbons (Fsp3) is 0.200. The third kappa shape index (κ3) is 4.40. The number of carbonyl (C=O) groups is 2. The Hall–Kier alpha value is -3.47. The SMILES string of the molecule is O=C1CN(C(=O)CCCc2ccccc2)[C@H](c2ccccc2)c2cc(F)ccc2N1. The second-order valence-corrected chi connectivity index (χ2v) is 7.45. The van der Waals surface area contributed by atoms with Crippen molar-refractivity contribution < 1.29 is 14.0 Å². The van der Waals surface area contributed by atoms with Gasteiger partial charge in [-0.3, -0.25) is 9.59 Å². The lowest BCUT2D eigenvalue weighted by Crippen LogP contribution is -2.38. The molecule has 1 heterocycles. The van der Waals surface area contributed by atoms with Crippen LogP contribution in [0.25, 0.3) is 0 Å². The summed E-state index contributed by atoms with van der Waals surface area (Å²) in [6.07, 6.45) is 1.78. The largest absolute Gasteiger partial charge is 0.324 e. The molecule has 0 bridgehead atoms. The summed E-state index contributed by atoms with van der Waals surface area (Å²) in [5.41, 5.74) is 3.14. The zero-order chi connectivity index (χ0) is 20.9. The van der Waals surface area contributed by atoms with Gasteiger partial charge in [0.2, 0.25) is 11.8 Å². The molecule has 2 amide bonds. The van der Waals surface area contributed by atoms with Crippen LogP contribution < -0.4 is 5.32 Å². The summed E-state index contributed by atoms with van der Waals surface area (Å²) in [4.78, 5) is 27.3. The van der Waals surface area contributed by atoms with Crippen molar-refractivity contribution in [1.82, 2.24) is 4.90 Å². The van der Waals surface area contributed by atoms with E-state index in [1.165, 1.54) is 17.7 Å². The van der Waals surface area contributed by atoms with Crippen LogP contribution in [0.5, 0.6) is 0 Å². The van der Waals surface area contributed by atoms with Crippen molar-refractivity contribution in [3.8, 4) is 0 Å². The van der Waals surface area contributed by atoms with Gasteiger partial charge in [0.15, 0.2) is 0 Å². The second-order valence-electron chi connectivity index (χ2n) is 7.45. The van der Waals surface area contributed by atoms with Crippen molar-refractivity contribution in [3.05, 3.63) is 101 Å². The number of hydrogen-bond acceptors (Lipinski definition) is 2. The molecular formula is C25H23FN2O2. The minimum atomic E-state index is -0.528. The minimum absolute atomic E-state index is 0.0694. The third-order valence-corrected chi connectivity index (χ3v) is 5.34. The molecule has 0 aliphatic carbocycles. The van der Waals surface area contributed by atoms with Gasteiger partial charge in [-0.05, 0) is 42.2 Å². The summed E-state index contributed by atoms with van der Waals surface area (Å²) in [6.45, 7) is -0.0694. The number of rotatable bonds is 5. The molecule has 1 aliphatic heterocycles. The summed E-state index contributed by atoms with van der Waals surface area (Å²) < 4.78 is 14.1. The molecule has 0 saturated carbocycles. The third-order valence-electron chi connectivity index (χ3n) is 5.34. The van der Waals surface area contributed by atoms with Crippen molar-refractivity contribution >= 4 is 17.5 Å². The van der Waals surface area contributed by atoms with Crippen LogP contribution >= 0.6 is 0 Å². The van der Waals surface area contributed by atoms with E-state index in [4.69, 9.17) is 0 Å². The van der Waals surface area contributed by atoms with E-state index in [2.05, 4.69) is 5.32 Å². The van der Waals surface area contributed by atoms with E-state index < -0.39 is 11.9 Å². The van der Waals surface area contributed by atoms with Crippen LogP contribution in [0.2, 0.25) is 0 Å². The van der Waals surface area contributed by atoms with Crippen LogP contribution in [0.4, 0.5) is 10.1 Å². The summed E-state index contributed by atoms with van der Waals surface area (Å²) in [7, 11) is 0. The Bertz CT molecular complexity index is 1040. The zero-order valence-corrected chi connectivity index (χ0v) is 16.6. The fourth-order valence-corrected chi connectivity index (χ4v) is 3.94. The first-order valence-corrected chi connectivity index (χ1v) is 10.1. The number of amides is 2. The maximum absolute atomic E-state index is 14.1. The smallest absolute Gasteiger partial charge is 0.244 e. The van der Waals surface area contributed by atoms with Gasteiger partial charge in [0.05, 0.1) is 6.04 Å². The number of halogens is 1. The Morgan fingerprint density at radius 3 is 2.43 bits per heavy atom. The maximum Gasteiger partial charge on any atom is 0.244 e. The van der Waals surface area contributed by atoms with E-state index in [1.807, 2.05) is 60.7 Å². The highest BCUT2D eigenvalue weighted by Crippen LogP contribution is 2.36. The van der Waals surface area contributed by atoms with Crippen LogP contribution in [0.1, 0.15) is 35.6 Å². The molecule has 1 aliphatic rings. The molecule has 5 heteroatoms. The summed E-state index contributed by atoms with van der Waals surface area (Å²) in [6, 6.07) is 23.2. The number of fused-ring (bicyclic) bond motifs is 1. The van der Waals surface area contributed by atoms with Crippen LogP contribution in [0.15, 0.2) is 78.9 Å². The fourth-order valence-electron chi connectivity index (χ4n) is 3.94. The second kappa shape index (κ2) is 8.91. The van der Waals surface area contributed by atoms with Crippen molar-refractivity contribution in [3.63, 3.8) is 0 Å². The number of carbonyl (C=O) groups excluding carboxylic acids is 2. The van der Waals surface area contributed by atoms with Gasteiger partial charge < -0.3 is 10.2 Å². The number of anilines is 1. The number of nitrogens with one attached hydrogen (secondary N) is 1. The lowest BCUT2D eigenvalue weighted by molar-refractivity contribution is -0.136. The average Bonchev–Trinajstić information content (AvgIpc) is 2.90. The Labute approximate surface area is 175 Å². The van der Waals surface area contributed by atoms with Crippen molar-refractivity contribution in [2.75, 3.05) is 11.9 Å². The van der Waals surface area contributed by atoms with Gasteiger partial charge >= 0.3 is 0 Å². The summed E-state index contributed by atoms with van der Waals surface area (Å²) in [5, 5.41) is 2.82. The quantitative estimate of drug-likeness (QED) is 0.671. The molecular weight excluding hydrogens is 379 g/mol. The highest BCUT2D eigenvalue weighted by atomic mass is 19.1. The van der Waals surface area contributed by atoms with Gasteiger partial charge in [-0.1, -0.05) is 60.7 Å². The first-order chi connectivity index (χ1) is 14.6. The highest BCUT2D eigenvalue weighted by Gasteiger charge is 2.33. The number of benzene rings is 3. The molecule has 0 aromatic heterocycles. The molecule has 1 N–H and O–H groups in total. The van der Waals surface area contributed by atoms with Gasteiger partial charge in [-0.2, -0.15) is 0 Å². The van der Waals surface area contributed by atoms with E-state index in [-0.39, 0.29) is 18.4 Å². The van der Waals surface area contributed by atoms with Crippen molar-refractivity contribution in [1.29, 1.82) is 0 Å². The predicted molar refractivity (Wildman–Crippen MR) is 114 cm³/mol. The van der Waals surface area contributed by atoms with E-state index in [1.54, 1.807) is 11.0 Å². The van der Waals surface area contributed by atoms with Gasteiger partial charge in [0, 0.05) is 17.7 Å². The number of nitrogens with zero attached hydrogens (tertiary/aromatic N) is 1. The molecule has 0 unspecified atom stereocenters. The Kier molecular flexibility index (Phi) is 5.89. The monoisotopic (exact) mass is 402 g/mol. The van der Waals surface area contributed by atoms with Gasteiger partial charge in [-0.25, -0.2) is 4.39 Å². The molecule has 4 nitrogen and oxygen atoms in total. The van der Waals surface area contributed by atoms with Crippen LogP contribution in [-0.4, -0.2) is 23.3 Å². The molecule has 152 valence electrons. The Balaban J connectivity index is 1.63. The van der Waals surface area contributed by atoms with E-state index >= 15 is 0 Å². The van der Waals surface area contributed by atoms with Gasteiger partial charge in [-0.15, -0.1) is 0 Å². The molecule has 0 spiro atoms. The predicted octanol–water partition coefficient (Wildman–Crippen LogP) is 4.72. The van der Waals surface area contributed by atoms with E-state index in [9.17, 15) is 14.0 Å². The first-order valence-electron chi connectivity index (χ1n) is 10.1. The van der Waals surface area contributed by atoms with Gasteiger partial charge in [0.1, 0.15) is 12.4 Å². The van der Waals surface area contributed by atoms with Crippen molar-refractivity contribution in [2.45, 2.75) is 25.3 Å². The highest BCUT2D eigenvalue weighted by molar-refractivity contribution is 5.97. The normalized spacial score (nSPS) is 15.8. The standard InChI is InChI=1S/C25H23FN2O2/c26-20-14-15-22-21(16-20)25(19-11-5-2-6-12-19)28(17-23(29)27-22)24(30)13-7-10-18-8-3-1-4-9-18/h1-6,8-9,11-12,14-16,25H,7,10,13,17H2,(H,27,29)/t25-/m1/s1. The lowest BCUT2D eigenvalue weighted by Gasteiger charge is -2.30. The maximum atomic E-state index is 14.1. The number of hydrogen-bond donors (Lipinski definition) is 1. The minimum Gasteiger partial charge on any atom is -0.324 e. The lowest BCUT2D eigenvalue weighted by atomic mass is 9.95. The van der Waals surface area contributed by atoms with E-state index in [0.29, 0.717) is 24.1 Å². The Morgan fingerprint density at radius 1 is 1.00 bits per heavy atom. The van der Waals surface area contributed by atoms with Crippen LogP contribution in [0, 0.1) is 5.82 Å². The molecule has 0 fully saturated rings. The van der Waals surface area contributed by atoms with Gasteiger partial charge in [0.25, 0.3) is 0 Å². The number of aryl methyl sites for hydroxylation is 1. The molecule has 0 saturated heterocycles. The van der Waals surface area contributed by atoms with Crippen molar-refractivity contribution in [2.24, 2.45) is 0 Å². The van der Waals surface area contributed by atoms with E-state index in [0.717, 1.165) is 12.0 Å². The molecule has 30 heavy (non-hydrogen) atoms. The first kappa shape index (κ1) is 19.8. The topological polar surface area (TPSA) is 49.4 Å². The van der Waals surface area contributed by atoms with Crippen LogP contribution in [0.3, 0.4) is 0 Å². The molecule has 1 atom stereocenters. The zero-order valence-electron chi connectivity index (χ0n) is 16.6. The molecule has 4 rings (SSSR count). The molecule has 0 radical (unpaired) electrons. The summed E-state index contributed by atoms with van der Waals surface area (Å²) >= 11 is 0. The molecule has 3 aromatic rings. The Morgan fingerprint density at radius 2 is 1.70 bits per heavy atom.